The van der Waals surface area contributed by atoms with Crippen LogP contribution >= 0.6 is 0 Å². The summed E-state index contributed by atoms with van der Waals surface area (Å²) in [6.45, 7) is 2.80. The Morgan fingerprint density at radius 2 is 2.31 bits per heavy atom. The molecular weight excluding hydrogens is 200 g/mol. The van der Waals surface area contributed by atoms with Crippen molar-refractivity contribution in [1.82, 2.24) is 5.32 Å². The Hall–Kier alpha value is -1.61. The van der Waals surface area contributed by atoms with E-state index in [1.807, 2.05) is 50.4 Å². The number of benzene rings is 1. The number of anilines is 1. The molecule has 0 aliphatic carbocycles. The fourth-order valence-electron chi connectivity index (χ4n) is 1.81. The lowest BCUT2D eigenvalue weighted by Gasteiger charge is -2.21. The Kier molecular flexibility index (Phi) is 3.06. The van der Waals surface area contributed by atoms with Gasteiger partial charge in [-0.15, -0.1) is 0 Å². The summed E-state index contributed by atoms with van der Waals surface area (Å²) in [7, 11) is 1.81. The number of aryl methyl sites for hydroxylation is 1. The van der Waals surface area contributed by atoms with Crippen molar-refractivity contribution >= 4 is 11.6 Å². The molecule has 1 heterocycles. The van der Waals surface area contributed by atoms with Gasteiger partial charge in [0, 0.05) is 19.3 Å². The largest absolute Gasteiger partial charge is 0.314 e. The summed E-state index contributed by atoms with van der Waals surface area (Å²) in [5.74, 6) is 0.0827. The van der Waals surface area contributed by atoms with Crippen LogP contribution < -0.4 is 10.2 Å². The van der Waals surface area contributed by atoms with Crippen LogP contribution in [0.5, 0.6) is 0 Å². The first-order valence-corrected chi connectivity index (χ1v) is 5.43. The minimum atomic E-state index is -0.175. The highest BCUT2D eigenvalue weighted by Gasteiger charge is 2.21. The second kappa shape index (κ2) is 4.49. The van der Waals surface area contributed by atoms with Gasteiger partial charge in [-0.25, -0.2) is 0 Å². The van der Waals surface area contributed by atoms with E-state index >= 15 is 0 Å². The number of carbonyl (C=O) groups excluding carboxylic acids is 1. The molecule has 1 atom stereocenters. The zero-order valence-corrected chi connectivity index (χ0v) is 9.60. The van der Waals surface area contributed by atoms with E-state index < -0.39 is 0 Å². The summed E-state index contributed by atoms with van der Waals surface area (Å²) in [6.07, 6.45) is 3.89. The Labute approximate surface area is 95.8 Å². The maximum absolute atomic E-state index is 12.1. The maximum Gasteiger partial charge on any atom is 0.247 e. The minimum absolute atomic E-state index is 0.0827. The van der Waals surface area contributed by atoms with Crippen molar-refractivity contribution in [3.63, 3.8) is 0 Å². The van der Waals surface area contributed by atoms with Crippen molar-refractivity contribution < 1.29 is 4.79 Å². The second-order valence-corrected chi connectivity index (χ2v) is 4.05. The van der Waals surface area contributed by atoms with E-state index in [1.165, 1.54) is 0 Å². The van der Waals surface area contributed by atoms with Crippen LogP contribution in [0, 0.1) is 6.92 Å². The van der Waals surface area contributed by atoms with Crippen molar-refractivity contribution in [2.75, 3.05) is 18.5 Å². The average Bonchev–Trinajstić information content (AvgIpc) is 2.80. The molecule has 16 heavy (non-hydrogen) atoms. The van der Waals surface area contributed by atoms with Gasteiger partial charge in [0.1, 0.15) is 6.04 Å². The number of hydrogen-bond acceptors (Lipinski definition) is 2. The van der Waals surface area contributed by atoms with Gasteiger partial charge in [0.25, 0.3) is 0 Å². The maximum atomic E-state index is 12.1. The van der Waals surface area contributed by atoms with Gasteiger partial charge in [0.2, 0.25) is 5.91 Å². The van der Waals surface area contributed by atoms with Gasteiger partial charge in [0.05, 0.1) is 0 Å². The van der Waals surface area contributed by atoms with Crippen LogP contribution in [0.1, 0.15) is 5.56 Å². The zero-order chi connectivity index (χ0) is 11.5. The van der Waals surface area contributed by atoms with Gasteiger partial charge in [-0.05, 0) is 24.6 Å². The quantitative estimate of drug-likeness (QED) is 0.760. The zero-order valence-electron chi connectivity index (χ0n) is 9.60. The molecule has 1 aromatic rings. The van der Waals surface area contributed by atoms with Crippen LogP contribution in [0.15, 0.2) is 36.4 Å². The lowest BCUT2D eigenvalue weighted by atomic mass is 10.2. The molecule has 0 fully saturated rings. The smallest absolute Gasteiger partial charge is 0.247 e. The SMILES string of the molecule is Cc1cccc(N(C)C(=O)[C@@H]2C=CCN2)c1. The number of carbonyl (C=O) groups is 1. The predicted octanol–water partition coefficient (Wildman–Crippen LogP) is 1.49. The van der Waals surface area contributed by atoms with Crippen molar-refractivity contribution in [2.24, 2.45) is 0 Å². The number of likely N-dealkylation sites (N-methyl/N-ethyl adjacent to an activating group) is 1. The Bertz CT molecular complexity index is 426. The molecule has 1 aliphatic heterocycles. The lowest BCUT2D eigenvalue weighted by Crippen LogP contribution is -2.41. The highest BCUT2D eigenvalue weighted by Crippen LogP contribution is 2.15. The molecule has 0 saturated carbocycles. The number of nitrogens with zero attached hydrogens (tertiary/aromatic N) is 1. The van der Waals surface area contributed by atoms with Crippen LogP contribution in [-0.4, -0.2) is 25.5 Å². The van der Waals surface area contributed by atoms with Gasteiger partial charge < -0.3 is 4.90 Å². The van der Waals surface area contributed by atoms with E-state index in [1.54, 1.807) is 4.90 Å². The molecule has 1 aliphatic rings. The normalized spacial score (nSPS) is 18.8. The van der Waals surface area contributed by atoms with Gasteiger partial charge in [0.15, 0.2) is 0 Å². The van der Waals surface area contributed by atoms with E-state index in [9.17, 15) is 4.79 Å². The molecule has 1 aromatic carbocycles. The number of amides is 1. The van der Waals surface area contributed by atoms with Crippen LogP contribution in [0.3, 0.4) is 0 Å². The first-order chi connectivity index (χ1) is 7.68. The van der Waals surface area contributed by atoms with Crippen LogP contribution in [0.2, 0.25) is 0 Å². The van der Waals surface area contributed by atoms with Gasteiger partial charge >= 0.3 is 0 Å². The van der Waals surface area contributed by atoms with Gasteiger partial charge in [-0.2, -0.15) is 0 Å². The Morgan fingerprint density at radius 1 is 1.50 bits per heavy atom. The highest BCUT2D eigenvalue weighted by molar-refractivity contribution is 5.98. The molecule has 0 spiro atoms. The first kappa shape index (κ1) is 10.9. The third kappa shape index (κ3) is 2.14. The fourth-order valence-corrected chi connectivity index (χ4v) is 1.81. The average molecular weight is 216 g/mol. The topological polar surface area (TPSA) is 32.3 Å². The van der Waals surface area contributed by atoms with Crippen LogP contribution in [0.4, 0.5) is 5.69 Å². The van der Waals surface area contributed by atoms with E-state index in [4.69, 9.17) is 0 Å². The van der Waals surface area contributed by atoms with Crippen LogP contribution in [0.25, 0.3) is 0 Å². The van der Waals surface area contributed by atoms with E-state index in [0.29, 0.717) is 0 Å². The molecule has 3 nitrogen and oxygen atoms in total. The third-order valence-electron chi connectivity index (χ3n) is 2.77. The summed E-state index contributed by atoms with van der Waals surface area (Å²) in [6, 6.07) is 7.77. The molecule has 0 unspecified atom stereocenters. The first-order valence-electron chi connectivity index (χ1n) is 5.43. The van der Waals surface area contributed by atoms with Gasteiger partial charge in [-0.3, -0.25) is 10.1 Å². The Morgan fingerprint density at radius 3 is 2.94 bits per heavy atom. The van der Waals surface area contributed by atoms with Crippen molar-refractivity contribution in [2.45, 2.75) is 13.0 Å². The van der Waals surface area contributed by atoms with Crippen molar-refractivity contribution in [3.05, 3.63) is 42.0 Å². The second-order valence-electron chi connectivity index (χ2n) is 4.05. The molecule has 0 bridgehead atoms. The van der Waals surface area contributed by atoms with Crippen LogP contribution in [-0.2, 0) is 4.79 Å². The van der Waals surface area contributed by atoms with Crippen molar-refractivity contribution in [1.29, 1.82) is 0 Å². The Balaban J connectivity index is 2.15. The summed E-state index contributed by atoms with van der Waals surface area (Å²) in [5.41, 5.74) is 2.10. The summed E-state index contributed by atoms with van der Waals surface area (Å²) < 4.78 is 0. The minimum Gasteiger partial charge on any atom is -0.314 e. The third-order valence-corrected chi connectivity index (χ3v) is 2.77. The lowest BCUT2D eigenvalue weighted by molar-refractivity contribution is -0.119. The summed E-state index contributed by atoms with van der Waals surface area (Å²) in [5, 5.41) is 3.12. The molecular formula is C13H16N2O. The molecule has 0 saturated heterocycles. The standard InChI is InChI=1S/C13H16N2O/c1-10-5-3-6-11(9-10)15(2)13(16)12-7-4-8-14-12/h3-7,9,12,14H,8H2,1-2H3/t12-/m0/s1. The van der Waals surface area contributed by atoms with Gasteiger partial charge in [-0.1, -0.05) is 24.3 Å². The van der Waals surface area contributed by atoms with E-state index in [-0.39, 0.29) is 11.9 Å². The molecule has 3 heteroatoms. The predicted molar refractivity (Wildman–Crippen MR) is 65.5 cm³/mol. The summed E-state index contributed by atoms with van der Waals surface area (Å²) in [4.78, 5) is 13.8. The highest BCUT2D eigenvalue weighted by atomic mass is 16.2. The number of nitrogens with one attached hydrogen (secondary N) is 1. The fraction of sp³-hybridized carbons (Fsp3) is 0.308. The number of rotatable bonds is 2. The summed E-state index contributed by atoms with van der Waals surface area (Å²) >= 11 is 0. The van der Waals surface area contributed by atoms with E-state index in [2.05, 4.69) is 5.32 Å². The molecule has 1 N–H and O–H groups in total. The molecule has 2 rings (SSSR count). The number of hydrogen-bond donors (Lipinski definition) is 1. The molecule has 0 aromatic heterocycles. The molecule has 84 valence electrons. The van der Waals surface area contributed by atoms with E-state index in [0.717, 1.165) is 17.8 Å². The molecule has 0 radical (unpaired) electrons. The monoisotopic (exact) mass is 216 g/mol. The molecule has 1 amide bonds. The van der Waals surface area contributed by atoms with Crippen molar-refractivity contribution in [3.8, 4) is 0 Å².